The fourth-order valence-corrected chi connectivity index (χ4v) is 1.84. The Balaban J connectivity index is 3.99. The van der Waals surface area contributed by atoms with Crippen LogP contribution in [0.15, 0.2) is 6.07 Å². The first kappa shape index (κ1) is 16.3. The molecule has 0 saturated heterocycles. The van der Waals surface area contributed by atoms with Gasteiger partial charge in [-0.2, -0.15) is 0 Å². The minimum Gasteiger partial charge on any atom is -0.497 e. The SMILES string of the molecule is CCC(C)(C)c1cc([N+](=O)[O-])c(O)c([N+](=O)[O-])c1[N+](=O)[O-]. The maximum Gasteiger partial charge on any atom is 0.394 e. The van der Waals surface area contributed by atoms with Gasteiger partial charge in [0.15, 0.2) is 0 Å². The Hall–Kier alpha value is -2.78. The van der Waals surface area contributed by atoms with E-state index in [9.17, 15) is 35.4 Å². The Morgan fingerprint density at radius 1 is 1.05 bits per heavy atom. The zero-order valence-electron chi connectivity index (χ0n) is 11.5. The molecule has 10 nitrogen and oxygen atoms in total. The van der Waals surface area contributed by atoms with E-state index in [-0.39, 0.29) is 5.56 Å². The zero-order chi connectivity index (χ0) is 16.5. The van der Waals surface area contributed by atoms with Crippen molar-refractivity contribution in [2.45, 2.75) is 32.6 Å². The van der Waals surface area contributed by atoms with Crippen LogP contribution in [0, 0.1) is 30.3 Å². The van der Waals surface area contributed by atoms with Gasteiger partial charge in [0.25, 0.3) is 5.75 Å². The molecule has 1 N–H and O–H groups in total. The second kappa shape index (κ2) is 5.31. The fourth-order valence-electron chi connectivity index (χ4n) is 1.84. The lowest BCUT2D eigenvalue weighted by atomic mass is 9.80. The van der Waals surface area contributed by atoms with Gasteiger partial charge in [-0.25, -0.2) is 0 Å². The van der Waals surface area contributed by atoms with Crippen molar-refractivity contribution in [3.8, 4) is 5.75 Å². The van der Waals surface area contributed by atoms with Gasteiger partial charge in [-0.3, -0.25) is 30.3 Å². The van der Waals surface area contributed by atoms with Gasteiger partial charge < -0.3 is 5.11 Å². The highest BCUT2D eigenvalue weighted by atomic mass is 16.6. The van der Waals surface area contributed by atoms with Crippen LogP contribution in [-0.4, -0.2) is 19.9 Å². The summed E-state index contributed by atoms with van der Waals surface area (Å²) in [4.78, 5) is 29.9. The Kier molecular flexibility index (Phi) is 4.11. The van der Waals surface area contributed by atoms with E-state index in [1.54, 1.807) is 20.8 Å². The predicted molar refractivity (Wildman–Crippen MR) is 71.4 cm³/mol. The van der Waals surface area contributed by atoms with Crippen LogP contribution in [-0.2, 0) is 5.41 Å². The lowest BCUT2D eigenvalue weighted by molar-refractivity contribution is -0.426. The first-order valence-electron chi connectivity index (χ1n) is 5.88. The molecular formula is C11H13N3O7. The molecule has 1 aromatic rings. The molecule has 0 aliphatic heterocycles. The van der Waals surface area contributed by atoms with Crippen molar-refractivity contribution in [1.82, 2.24) is 0 Å². The topological polar surface area (TPSA) is 150 Å². The fraction of sp³-hybridized carbons (Fsp3) is 0.455. The van der Waals surface area contributed by atoms with Gasteiger partial charge in [-0.1, -0.05) is 20.8 Å². The lowest BCUT2D eigenvalue weighted by Crippen LogP contribution is -2.19. The average Bonchev–Trinajstić information content (AvgIpc) is 2.36. The molecule has 0 heterocycles. The van der Waals surface area contributed by atoms with E-state index in [1.807, 2.05) is 0 Å². The van der Waals surface area contributed by atoms with E-state index in [2.05, 4.69) is 0 Å². The van der Waals surface area contributed by atoms with Gasteiger partial charge in [0.05, 0.1) is 20.3 Å². The molecule has 0 atom stereocenters. The summed E-state index contributed by atoms with van der Waals surface area (Å²) >= 11 is 0. The van der Waals surface area contributed by atoms with Crippen molar-refractivity contribution < 1.29 is 19.9 Å². The third-order valence-corrected chi connectivity index (χ3v) is 3.40. The summed E-state index contributed by atoms with van der Waals surface area (Å²) in [5.74, 6) is -1.31. The first-order chi connectivity index (χ1) is 9.54. The average molecular weight is 299 g/mol. The smallest absolute Gasteiger partial charge is 0.394 e. The van der Waals surface area contributed by atoms with Gasteiger partial charge >= 0.3 is 17.1 Å². The molecule has 0 aliphatic rings. The second-order valence-corrected chi connectivity index (χ2v) is 5.00. The van der Waals surface area contributed by atoms with Crippen LogP contribution in [0.1, 0.15) is 32.8 Å². The van der Waals surface area contributed by atoms with Crippen molar-refractivity contribution in [3.63, 3.8) is 0 Å². The van der Waals surface area contributed by atoms with E-state index in [1.165, 1.54) is 0 Å². The molecular weight excluding hydrogens is 286 g/mol. The van der Waals surface area contributed by atoms with Crippen LogP contribution >= 0.6 is 0 Å². The van der Waals surface area contributed by atoms with Crippen LogP contribution < -0.4 is 0 Å². The highest BCUT2D eigenvalue weighted by Crippen LogP contribution is 2.48. The number of nitro benzene ring substituents is 3. The Bertz CT molecular complexity index is 639. The minimum absolute atomic E-state index is 0.161. The van der Waals surface area contributed by atoms with E-state index in [4.69, 9.17) is 0 Å². The number of phenols is 1. The molecule has 0 aromatic heterocycles. The van der Waals surface area contributed by atoms with Crippen molar-refractivity contribution in [2.75, 3.05) is 0 Å². The molecule has 0 aliphatic carbocycles. The zero-order valence-corrected chi connectivity index (χ0v) is 11.5. The summed E-state index contributed by atoms with van der Waals surface area (Å²) < 4.78 is 0. The number of benzene rings is 1. The molecule has 21 heavy (non-hydrogen) atoms. The molecule has 0 radical (unpaired) electrons. The predicted octanol–water partition coefficient (Wildman–Crippen LogP) is 2.80. The molecule has 0 saturated carbocycles. The van der Waals surface area contributed by atoms with E-state index < -0.39 is 43.0 Å². The Morgan fingerprint density at radius 3 is 1.86 bits per heavy atom. The van der Waals surface area contributed by atoms with E-state index >= 15 is 0 Å². The number of phenolic OH excluding ortho intramolecular Hbond substituents is 1. The molecule has 114 valence electrons. The first-order valence-corrected chi connectivity index (χ1v) is 5.88. The number of aromatic hydroxyl groups is 1. The molecule has 10 heteroatoms. The summed E-state index contributed by atoms with van der Waals surface area (Å²) in [6.45, 7) is 4.83. The molecule has 0 bridgehead atoms. The third kappa shape index (κ3) is 2.73. The third-order valence-electron chi connectivity index (χ3n) is 3.40. The van der Waals surface area contributed by atoms with Gasteiger partial charge in [0.2, 0.25) is 0 Å². The monoisotopic (exact) mass is 299 g/mol. The van der Waals surface area contributed by atoms with Crippen LogP contribution in [0.2, 0.25) is 0 Å². The number of hydrogen-bond acceptors (Lipinski definition) is 7. The Labute approximate surface area is 118 Å². The standard InChI is InChI=1S/C11H13N3O7/c1-4-11(2,3)6-5-7(12(16)17)10(15)9(14(20)21)8(6)13(18)19/h5,15H,4H2,1-3H3. The van der Waals surface area contributed by atoms with Gasteiger partial charge in [-0.05, 0) is 11.8 Å². The molecule has 0 amide bonds. The number of nitro groups is 3. The van der Waals surface area contributed by atoms with E-state index in [0.717, 1.165) is 6.07 Å². The van der Waals surface area contributed by atoms with Crippen molar-refractivity contribution in [3.05, 3.63) is 42.0 Å². The van der Waals surface area contributed by atoms with Crippen molar-refractivity contribution in [1.29, 1.82) is 0 Å². The molecule has 0 spiro atoms. The normalized spacial score (nSPS) is 11.2. The summed E-state index contributed by atoms with van der Waals surface area (Å²) in [6, 6.07) is 0.823. The number of rotatable bonds is 5. The summed E-state index contributed by atoms with van der Waals surface area (Å²) in [5.41, 5.74) is -4.18. The second-order valence-electron chi connectivity index (χ2n) is 5.00. The highest BCUT2D eigenvalue weighted by Gasteiger charge is 2.43. The Morgan fingerprint density at radius 2 is 1.52 bits per heavy atom. The molecule has 1 rings (SSSR count). The molecule has 1 aromatic carbocycles. The van der Waals surface area contributed by atoms with Gasteiger partial charge in [0, 0.05) is 6.07 Å². The molecule has 0 unspecified atom stereocenters. The minimum atomic E-state index is -1.31. The quantitative estimate of drug-likeness (QED) is 0.648. The van der Waals surface area contributed by atoms with Crippen LogP contribution in [0.5, 0.6) is 5.75 Å². The number of hydrogen-bond donors (Lipinski definition) is 1. The summed E-state index contributed by atoms with van der Waals surface area (Å²) in [5, 5.41) is 42.7. The van der Waals surface area contributed by atoms with Gasteiger partial charge in [-0.15, -0.1) is 0 Å². The summed E-state index contributed by atoms with van der Waals surface area (Å²) in [6.07, 6.45) is 0.354. The van der Waals surface area contributed by atoms with Crippen molar-refractivity contribution in [2.24, 2.45) is 0 Å². The largest absolute Gasteiger partial charge is 0.497 e. The van der Waals surface area contributed by atoms with Gasteiger partial charge in [0.1, 0.15) is 0 Å². The summed E-state index contributed by atoms with van der Waals surface area (Å²) in [7, 11) is 0. The van der Waals surface area contributed by atoms with Crippen LogP contribution in [0.4, 0.5) is 17.1 Å². The molecule has 0 fully saturated rings. The lowest BCUT2D eigenvalue weighted by Gasteiger charge is -2.22. The van der Waals surface area contributed by atoms with Crippen LogP contribution in [0.3, 0.4) is 0 Å². The van der Waals surface area contributed by atoms with E-state index in [0.29, 0.717) is 6.42 Å². The highest BCUT2D eigenvalue weighted by molar-refractivity contribution is 5.74. The van der Waals surface area contributed by atoms with Crippen LogP contribution in [0.25, 0.3) is 0 Å². The van der Waals surface area contributed by atoms with Crippen molar-refractivity contribution >= 4 is 17.1 Å². The maximum absolute atomic E-state index is 11.2. The maximum atomic E-state index is 11.2. The number of nitrogens with zero attached hydrogens (tertiary/aromatic N) is 3.